The van der Waals surface area contributed by atoms with Crippen molar-refractivity contribution in [2.24, 2.45) is 7.05 Å². The van der Waals surface area contributed by atoms with Gasteiger partial charge in [0.25, 0.3) is 0 Å². The highest BCUT2D eigenvalue weighted by atomic mass is 35.5. The second-order valence-electron chi connectivity index (χ2n) is 7.05. The number of aromatic carboxylic acids is 1. The maximum atomic E-state index is 14.2. The zero-order valence-electron chi connectivity index (χ0n) is 16.4. The molecule has 2 aromatic heterocycles. The standard InChI is InChI=1S/C21H14ClF3N4O3/c1-28-7-11-3-18(13(22)4-17(11)27-28)26-20-6-19(30)12(21(31)32)9-29(20)8-10-2-15(24)16(25)5-14(10)23/h2-7,9,26H,8H2,1H3,(H,31,32). The molecular weight excluding hydrogens is 449 g/mol. The summed E-state index contributed by atoms with van der Waals surface area (Å²) >= 11 is 6.32. The maximum Gasteiger partial charge on any atom is 0.341 e. The first kappa shape index (κ1) is 21.4. The lowest BCUT2D eigenvalue weighted by Gasteiger charge is -2.17. The molecule has 0 aliphatic carbocycles. The van der Waals surface area contributed by atoms with Gasteiger partial charge in [-0.15, -0.1) is 0 Å². The number of hydrogen-bond donors (Lipinski definition) is 2. The molecule has 0 atom stereocenters. The Kier molecular flexibility index (Phi) is 5.39. The topological polar surface area (TPSA) is 89.1 Å². The smallest absolute Gasteiger partial charge is 0.341 e. The molecule has 32 heavy (non-hydrogen) atoms. The zero-order chi connectivity index (χ0) is 23.2. The minimum absolute atomic E-state index is 0.0641. The van der Waals surface area contributed by atoms with Gasteiger partial charge >= 0.3 is 5.97 Å². The molecule has 164 valence electrons. The van der Waals surface area contributed by atoms with Crippen LogP contribution < -0.4 is 10.7 Å². The number of halogens is 4. The number of aryl methyl sites for hydroxylation is 1. The first-order chi connectivity index (χ1) is 15.1. The molecule has 0 bridgehead atoms. The Hall–Kier alpha value is -3.79. The van der Waals surface area contributed by atoms with Gasteiger partial charge in [-0.05, 0) is 18.2 Å². The van der Waals surface area contributed by atoms with Crippen LogP contribution in [-0.2, 0) is 13.6 Å². The Morgan fingerprint density at radius 2 is 1.81 bits per heavy atom. The summed E-state index contributed by atoms with van der Waals surface area (Å²) in [6.07, 6.45) is 2.73. The molecule has 0 saturated heterocycles. The van der Waals surface area contributed by atoms with Gasteiger partial charge in [-0.3, -0.25) is 9.48 Å². The third-order valence-electron chi connectivity index (χ3n) is 4.76. The van der Waals surface area contributed by atoms with E-state index >= 15 is 0 Å². The van der Waals surface area contributed by atoms with Crippen LogP contribution in [0.1, 0.15) is 15.9 Å². The second kappa shape index (κ2) is 8.04. The van der Waals surface area contributed by atoms with Gasteiger partial charge in [-0.25, -0.2) is 18.0 Å². The zero-order valence-corrected chi connectivity index (χ0v) is 17.1. The number of carbonyl (C=O) groups is 1. The predicted molar refractivity (Wildman–Crippen MR) is 112 cm³/mol. The number of carboxylic acid groups (broad SMARTS) is 1. The van der Waals surface area contributed by atoms with Crippen molar-refractivity contribution < 1.29 is 23.1 Å². The molecule has 2 N–H and O–H groups in total. The first-order valence-corrected chi connectivity index (χ1v) is 9.51. The summed E-state index contributed by atoms with van der Waals surface area (Å²) < 4.78 is 43.9. The molecule has 0 amide bonds. The van der Waals surface area contributed by atoms with E-state index in [0.717, 1.165) is 17.6 Å². The summed E-state index contributed by atoms with van der Waals surface area (Å²) in [7, 11) is 1.74. The van der Waals surface area contributed by atoms with Crippen molar-refractivity contribution in [2.75, 3.05) is 5.32 Å². The number of aromatic nitrogens is 3. The third kappa shape index (κ3) is 4.04. The fourth-order valence-electron chi connectivity index (χ4n) is 3.24. The van der Waals surface area contributed by atoms with Crippen molar-refractivity contribution in [3.8, 4) is 0 Å². The Morgan fingerprint density at radius 1 is 1.09 bits per heavy atom. The van der Waals surface area contributed by atoms with Crippen LogP contribution in [0.3, 0.4) is 0 Å². The number of nitrogens with zero attached hydrogens (tertiary/aromatic N) is 3. The van der Waals surface area contributed by atoms with E-state index in [-0.39, 0.29) is 16.4 Å². The highest BCUT2D eigenvalue weighted by molar-refractivity contribution is 6.34. The summed E-state index contributed by atoms with van der Waals surface area (Å²) in [6, 6.07) is 5.34. The number of rotatable bonds is 5. The Morgan fingerprint density at radius 3 is 2.53 bits per heavy atom. The average Bonchev–Trinajstić information content (AvgIpc) is 3.06. The van der Waals surface area contributed by atoms with Crippen molar-refractivity contribution in [2.45, 2.75) is 6.54 Å². The van der Waals surface area contributed by atoms with Crippen LogP contribution in [0.2, 0.25) is 5.02 Å². The lowest BCUT2D eigenvalue weighted by molar-refractivity contribution is 0.0694. The largest absolute Gasteiger partial charge is 0.477 e. The van der Waals surface area contributed by atoms with Crippen LogP contribution >= 0.6 is 11.6 Å². The molecule has 7 nitrogen and oxygen atoms in total. The van der Waals surface area contributed by atoms with Crippen molar-refractivity contribution in [3.05, 3.63) is 86.6 Å². The van der Waals surface area contributed by atoms with E-state index in [2.05, 4.69) is 10.4 Å². The third-order valence-corrected chi connectivity index (χ3v) is 5.07. The normalized spacial score (nSPS) is 11.2. The van der Waals surface area contributed by atoms with Crippen molar-refractivity contribution in [1.82, 2.24) is 14.3 Å². The second-order valence-corrected chi connectivity index (χ2v) is 7.45. The number of fused-ring (bicyclic) bond motifs is 1. The van der Waals surface area contributed by atoms with E-state index in [9.17, 15) is 27.9 Å². The number of benzene rings is 2. The molecule has 0 aliphatic rings. The van der Waals surface area contributed by atoms with Crippen LogP contribution in [-0.4, -0.2) is 25.4 Å². The first-order valence-electron chi connectivity index (χ1n) is 9.13. The monoisotopic (exact) mass is 462 g/mol. The molecule has 0 aliphatic heterocycles. The fraction of sp³-hybridized carbons (Fsp3) is 0.0952. The summed E-state index contributed by atoms with van der Waals surface area (Å²) in [5.41, 5.74) is -0.631. The summed E-state index contributed by atoms with van der Waals surface area (Å²) in [5, 5.41) is 17.5. The summed E-state index contributed by atoms with van der Waals surface area (Å²) in [4.78, 5) is 23.7. The molecule has 0 saturated carbocycles. The van der Waals surface area contributed by atoms with E-state index in [1.807, 2.05) is 0 Å². The quantitative estimate of drug-likeness (QED) is 0.432. The van der Waals surface area contributed by atoms with Gasteiger partial charge < -0.3 is 15.0 Å². The van der Waals surface area contributed by atoms with Gasteiger partial charge in [-0.1, -0.05) is 11.6 Å². The summed E-state index contributed by atoms with van der Waals surface area (Å²) in [5.74, 6) is -5.07. The Balaban J connectivity index is 1.82. The number of carboxylic acids is 1. The van der Waals surface area contributed by atoms with Gasteiger partial charge in [0, 0.05) is 42.5 Å². The highest BCUT2D eigenvalue weighted by Crippen LogP contribution is 2.30. The molecular formula is C21H14ClF3N4O3. The van der Waals surface area contributed by atoms with E-state index < -0.39 is 41.0 Å². The molecule has 0 spiro atoms. The molecule has 4 aromatic rings. The van der Waals surface area contributed by atoms with Crippen molar-refractivity contribution in [1.29, 1.82) is 0 Å². The van der Waals surface area contributed by atoms with Crippen LogP contribution in [0.4, 0.5) is 24.7 Å². The Labute approximate surface area is 183 Å². The number of anilines is 2. The molecule has 11 heteroatoms. The highest BCUT2D eigenvalue weighted by Gasteiger charge is 2.17. The lowest BCUT2D eigenvalue weighted by atomic mass is 10.1. The van der Waals surface area contributed by atoms with Gasteiger partial charge in [-0.2, -0.15) is 5.10 Å². The predicted octanol–water partition coefficient (Wildman–Crippen LogP) is 4.30. The molecule has 0 unspecified atom stereocenters. The van der Waals surface area contributed by atoms with E-state index in [4.69, 9.17) is 11.6 Å². The van der Waals surface area contributed by atoms with Crippen LogP contribution in [0.15, 0.2) is 47.5 Å². The van der Waals surface area contributed by atoms with Gasteiger partial charge in [0.05, 0.1) is 22.8 Å². The Bertz CT molecular complexity index is 1450. The fourth-order valence-corrected chi connectivity index (χ4v) is 3.45. The number of pyridine rings is 1. The van der Waals surface area contributed by atoms with Crippen LogP contribution in [0.25, 0.3) is 10.9 Å². The molecule has 2 aromatic carbocycles. The molecule has 0 radical (unpaired) electrons. The minimum atomic E-state index is -1.49. The van der Waals surface area contributed by atoms with Gasteiger partial charge in [0.1, 0.15) is 17.2 Å². The SMILES string of the molecule is Cn1cc2cc(Nc3cc(=O)c(C(=O)O)cn3Cc3cc(F)c(F)cc3F)c(Cl)cc2n1. The number of hydrogen-bond acceptors (Lipinski definition) is 4. The van der Waals surface area contributed by atoms with E-state index in [0.29, 0.717) is 23.3 Å². The van der Waals surface area contributed by atoms with Crippen molar-refractivity contribution >= 4 is 40.0 Å². The van der Waals surface area contributed by atoms with Crippen LogP contribution in [0, 0.1) is 17.5 Å². The molecule has 4 rings (SSSR count). The maximum absolute atomic E-state index is 14.2. The summed E-state index contributed by atoms with van der Waals surface area (Å²) in [6.45, 7) is -0.390. The van der Waals surface area contributed by atoms with Crippen molar-refractivity contribution in [3.63, 3.8) is 0 Å². The minimum Gasteiger partial charge on any atom is -0.477 e. The van der Waals surface area contributed by atoms with Crippen LogP contribution in [0.5, 0.6) is 0 Å². The van der Waals surface area contributed by atoms with Gasteiger partial charge in [0.15, 0.2) is 17.1 Å². The average molecular weight is 463 g/mol. The van der Waals surface area contributed by atoms with E-state index in [1.165, 1.54) is 4.57 Å². The molecule has 0 fully saturated rings. The number of nitrogens with one attached hydrogen (secondary N) is 1. The molecule has 2 heterocycles. The lowest BCUT2D eigenvalue weighted by Crippen LogP contribution is -2.20. The van der Waals surface area contributed by atoms with E-state index in [1.54, 1.807) is 30.1 Å². The van der Waals surface area contributed by atoms with Gasteiger partial charge in [0.2, 0.25) is 0 Å².